The molecule has 2 amide bonds. The van der Waals surface area contributed by atoms with Gasteiger partial charge in [0.2, 0.25) is 5.91 Å². The summed E-state index contributed by atoms with van der Waals surface area (Å²) in [6.07, 6.45) is 0.412. The number of para-hydroxylation sites is 2. The minimum Gasteiger partial charge on any atom is -0.477 e. The lowest BCUT2D eigenvalue weighted by Gasteiger charge is -2.36. The molecule has 0 bridgehead atoms. The molecule has 2 aromatic rings. The van der Waals surface area contributed by atoms with E-state index in [-0.39, 0.29) is 19.0 Å². The van der Waals surface area contributed by atoms with Crippen LogP contribution >= 0.6 is 0 Å². The third kappa shape index (κ3) is 3.26. The van der Waals surface area contributed by atoms with Crippen molar-refractivity contribution in [1.82, 2.24) is 0 Å². The minimum absolute atomic E-state index is 0.00363. The number of aryl methyl sites for hydroxylation is 1. The highest BCUT2D eigenvalue weighted by Gasteiger charge is 2.33. The van der Waals surface area contributed by atoms with E-state index in [9.17, 15) is 18.4 Å². The van der Waals surface area contributed by atoms with Gasteiger partial charge in [0.15, 0.2) is 17.7 Å². The second-order valence-corrected chi connectivity index (χ2v) is 6.90. The number of primary amides is 1. The van der Waals surface area contributed by atoms with E-state index in [0.29, 0.717) is 35.7 Å². The van der Waals surface area contributed by atoms with E-state index >= 15 is 0 Å². The molecule has 6 nitrogen and oxygen atoms in total. The highest BCUT2D eigenvalue weighted by Crippen LogP contribution is 2.34. The first-order valence-corrected chi connectivity index (χ1v) is 9.02. The van der Waals surface area contributed by atoms with Crippen molar-refractivity contribution >= 4 is 23.2 Å². The van der Waals surface area contributed by atoms with Gasteiger partial charge in [0.25, 0.3) is 5.91 Å². The molecule has 1 unspecified atom stereocenters. The van der Waals surface area contributed by atoms with Crippen molar-refractivity contribution in [3.05, 3.63) is 53.6 Å². The summed E-state index contributed by atoms with van der Waals surface area (Å²) in [5.41, 5.74) is 7.12. The van der Waals surface area contributed by atoms with E-state index in [0.717, 1.165) is 12.5 Å². The lowest BCUT2D eigenvalue weighted by Crippen LogP contribution is -2.52. The molecule has 4 rings (SSSR count). The molecule has 0 radical (unpaired) electrons. The maximum Gasteiger partial charge on any atom is 0.260 e. The maximum absolute atomic E-state index is 13.7. The molecule has 0 aromatic heterocycles. The Kier molecular flexibility index (Phi) is 4.62. The second-order valence-electron chi connectivity index (χ2n) is 6.90. The molecule has 146 valence electrons. The number of fused-ring (bicyclic) bond motifs is 2. The molecule has 2 N–H and O–H groups in total. The Balaban J connectivity index is 1.61. The summed E-state index contributed by atoms with van der Waals surface area (Å²) in [4.78, 5) is 27.9. The summed E-state index contributed by atoms with van der Waals surface area (Å²) < 4.78 is 32.9. The van der Waals surface area contributed by atoms with E-state index in [1.807, 2.05) is 0 Å². The number of nitrogens with two attached hydrogens (primary N) is 1. The normalized spacial score (nSPS) is 18.1. The van der Waals surface area contributed by atoms with E-state index in [4.69, 9.17) is 10.5 Å². The van der Waals surface area contributed by atoms with Crippen molar-refractivity contribution in [3.8, 4) is 5.75 Å². The topological polar surface area (TPSA) is 75.9 Å². The van der Waals surface area contributed by atoms with Gasteiger partial charge in [-0.15, -0.1) is 0 Å². The smallest absolute Gasteiger partial charge is 0.260 e. The van der Waals surface area contributed by atoms with Gasteiger partial charge in [-0.1, -0.05) is 12.1 Å². The van der Waals surface area contributed by atoms with E-state index < -0.39 is 23.6 Å². The Morgan fingerprint density at radius 2 is 1.89 bits per heavy atom. The monoisotopic (exact) mass is 387 g/mol. The van der Waals surface area contributed by atoms with Crippen LogP contribution < -0.4 is 20.3 Å². The zero-order chi connectivity index (χ0) is 19.8. The van der Waals surface area contributed by atoms with Crippen molar-refractivity contribution in [2.24, 2.45) is 5.73 Å². The molecule has 8 heteroatoms. The fraction of sp³-hybridized carbons (Fsp3) is 0.300. The van der Waals surface area contributed by atoms with Gasteiger partial charge in [0, 0.05) is 18.3 Å². The van der Waals surface area contributed by atoms with E-state index in [1.165, 1.54) is 11.0 Å². The SMILES string of the molecule is NC(=O)C1CN(C(=O)CN2CCCc3cc(F)c(F)cc32)c2ccccc2O1. The first kappa shape index (κ1) is 18.2. The maximum atomic E-state index is 13.7. The highest BCUT2D eigenvalue weighted by molar-refractivity contribution is 5.99. The van der Waals surface area contributed by atoms with Gasteiger partial charge >= 0.3 is 0 Å². The number of benzene rings is 2. The van der Waals surface area contributed by atoms with E-state index in [1.54, 1.807) is 29.2 Å². The number of nitrogens with zero attached hydrogens (tertiary/aromatic N) is 2. The van der Waals surface area contributed by atoms with E-state index in [2.05, 4.69) is 0 Å². The molecular weight excluding hydrogens is 368 g/mol. The van der Waals surface area contributed by atoms with Crippen LogP contribution in [0.1, 0.15) is 12.0 Å². The number of anilines is 2. The number of ether oxygens (including phenoxy) is 1. The number of rotatable bonds is 3. The summed E-state index contributed by atoms with van der Waals surface area (Å²) in [5, 5.41) is 0. The van der Waals surface area contributed by atoms with Gasteiger partial charge in [0.05, 0.1) is 18.8 Å². The molecule has 0 spiro atoms. The molecule has 28 heavy (non-hydrogen) atoms. The van der Waals surface area contributed by atoms with Crippen molar-refractivity contribution in [3.63, 3.8) is 0 Å². The summed E-state index contributed by atoms with van der Waals surface area (Å²) in [7, 11) is 0. The van der Waals surface area contributed by atoms with Crippen LogP contribution in [-0.4, -0.2) is 37.6 Å². The molecule has 0 saturated carbocycles. The first-order chi connectivity index (χ1) is 13.4. The number of carbonyl (C=O) groups is 2. The standard InChI is InChI=1S/C20H19F2N3O3/c21-13-8-12-4-3-7-24(16(12)9-14(13)22)11-19(26)25-10-18(20(23)27)28-17-6-2-1-5-15(17)25/h1-2,5-6,8-9,18H,3-4,7,10-11H2,(H2,23,27). The van der Waals surface area contributed by atoms with Gasteiger partial charge < -0.3 is 20.3 Å². The lowest BCUT2D eigenvalue weighted by atomic mass is 10.0. The predicted octanol–water partition coefficient (Wildman–Crippen LogP) is 2.00. The fourth-order valence-electron chi connectivity index (χ4n) is 3.68. The molecule has 2 aliphatic rings. The quantitative estimate of drug-likeness (QED) is 0.874. The molecule has 0 fully saturated rings. The second kappa shape index (κ2) is 7.10. The highest BCUT2D eigenvalue weighted by atomic mass is 19.2. The van der Waals surface area contributed by atoms with Crippen LogP contribution in [0, 0.1) is 11.6 Å². The number of halogens is 2. The van der Waals surface area contributed by atoms with Crippen LogP contribution in [0.5, 0.6) is 5.75 Å². The zero-order valence-electron chi connectivity index (χ0n) is 15.0. The van der Waals surface area contributed by atoms with Crippen molar-refractivity contribution in [2.45, 2.75) is 18.9 Å². The zero-order valence-corrected chi connectivity index (χ0v) is 15.0. The lowest BCUT2D eigenvalue weighted by molar-refractivity contribution is -0.125. The van der Waals surface area contributed by atoms with Crippen LogP contribution in [0.2, 0.25) is 0 Å². The fourth-order valence-corrected chi connectivity index (χ4v) is 3.68. The van der Waals surface area contributed by atoms with Crippen LogP contribution in [0.4, 0.5) is 20.2 Å². The van der Waals surface area contributed by atoms with Crippen LogP contribution in [0.15, 0.2) is 36.4 Å². The Labute approximate surface area is 160 Å². The molecule has 2 aliphatic heterocycles. The molecule has 0 saturated heterocycles. The summed E-state index contributed by atoms with van der Waals surface area (Å²) in [5.74, 6) is -2.37. The molecule has 2 aromatic carbocycles. The average Bonchev–Trinajstić information content (AvgIpc) is 2.68. The van der Waals surface area contributed by atoms with Crippen LogP contribution in [0.25, 0.3) is 0 Å². The Morgan fingerprint density at radius 3 is 2.68 bits per heavy atom. The van der Waals surface area contributed by atoms with Crippen LogP contribution in [-0.2, 0) is 16.0 Å². The number of amides is 2. The Hall–Kier alpha value is -3.16. The van der Waals surface area contributed by atoms with Crippen molar-refractivity contribution < 1.29 is 23.1 Å². The van der Waals surface area contributed by atoms with Gasteiger partial charge in [0.1, 0.15) is 5.75 Å². The third-order valence-corrected chi connectivity index (χ3v) is 5.05. The first-order valence-electron chi connectivity index (χ1n) is 9.02. The van der Waals surface area contributed by atoms with Crippen molar-refractivity contribution in [1.29, 1.82) is 0 Å². The molecule has 1 atom stereocenters. The Morgan fingerprint density at radius 1 is 1.14 bits per heavy atom. The van der Waals surface area contributed by atoms with Gasteiger partial charge in [-0.25, -0.2) is 8.78 Å². The third-order valence-electron chi connectivity index (χ3n) is 5.05. The molecule has 2 heterocycles. The Bertz CT molecular complexity index is 950. The largest absolute Gasteiger partial charge is 0.477 e. The predicted molar refractivity (Wildman–Crippen MR) is 99.3 cm³/mol. The summed E-state index contributed by atoms with van der Waals surface area (Å²) >= 11 is 0. The number of hydrogen-bond acceptors (Lipinski definition) is 4. The number of hydrogen-bond donors (Lipinski definition) is 1. The van der Waals surface area contributed by atoms with Crippen LogP contribution in [0.3, 0.4) is 0 Å². The van der Waals surface area contributed by atoms with Gasteiger partial charge in [-0.3, -0.25) is 9.59 Å². The number of carbonyl (C=O) groups excluding carboxylic acids is 2. The average molecular weight is 387 g/mol. The minimum atomic E-state index is -0.945. The molecule has 0 aliphatic carbocycles. The van der Waals surface area contributed by atoms with Gasteiger partial charge in [-0.05, 0) is 36.6 Å². The summed E-state index contributed by atoms with van der Waals surface area (Å²) in [6.45, 7) is 0.524. The molecular formula is C20H19F2N3O3. The summed E-state index contributed by atoms with van der Waals surface area (Å²) in [6, 6.07) is 9.22. The van der Waals surface area contributed by atoms with Gasteiger partial charge in [-0.2, -0.15) is 0 Å². The van der Waals surface area contributed by atoms with Crippen molar-refractivity contribution in [2.75, 3.05) is 29.4 Å².